The number of H-pyrrole nitrogens is 1. The number of hydrogen-bond acceptors (Lipinski definition) is 7. The lowest BCUT2D eigenvalue weighted by Crippen LogP contribution is -2.15. The van der Waals surface area contributed by atoms with Gasteiger partial charge in [-0.25, -0.2) is 9.89 Å². The van der Waals surface area contributed by atoms with Gasteiger partial charge in [-0.2, -0.15) is 15.2 Å². The van der Waals surface area contributed by atoms with Crippen LogP contribution in [-0.4, -0.2) is 35.1 Å². The van der Waals surface area contributed by atoms with Crippen LogP contribution in [0.2, 0.25) is 0 Å². The second-order valence-corrected chi connectivity index (χ2v) is 5.76. The van der Waals surface area contributed by atoms with Gasteiger partial charge in [-0.15, -0.1) is 0 Å². The number of ether oxygens (including phenoxy) is 2. The Morgan fingerprint density at radius 1 is 1.27 bits per heavy atom. The molecular formula is C18H25N5O3. The van der Waals surface area contributed by atoms with Gasteiger partial charge in [0, 0.05) is 0 Å². The van der Waals surface area contributed by atoms with Crippen molar-refractivity contribution in [1.29, 1.82) is 0 Å². The minimum Gasteiger partial charge on any atom is -0.493 e. The molecule has 2 N–H and O–H groups in total. The minimum absolute atomic E-state index is 0.309. The van der Waals surface area contributed by atoms with E-state index in [0.29, 0.717) is 29.6 Å². The molecule has 0 saturated carbocycles. The highest BCUT2D eigenvalue weighted by Crippen LogP contribution is 2.27. The molecule has 2 rings (SSSR count). The van der Waals surface area contributed by atoms with Crippen LogP contribution in [0.4, 0.5) is 5.82 Å². The summed E-state index contributed by atoms with van der Waals surface area (Å²) in [6.45, 7) is 4.57. The molecule has 0 amide bonds. The molecule has 1 heterocycles. The highest BCUT2D eigenvalue weighted by atomic mass is 16.5. The Morgan fingerprint density at radius 2 is 2.12 bits per heavy atom. The number of benzene rings is 1. The van der Waals surface area contributed by atoms with Crippen LogP contribution in [0.1, 0.15) is 43.9 Å². The predicted octanol–water partition coefficient (Wildman–Crippen LogP) is 2.89. The van der Waals surface area contributed by atoms with Crippen molar-refractivity contribution < 1.29 is 9.47 Å². The molecule has 0 spiro atoms. The van der Waals surface area contributed by atoms with E-state index >= 15 is 0 Å². The number of nitrogens with one attached hydrogen (secondary N) is 2. The van der Waals surface area contributed by atoms with Crippen molar-refractivity contribution in [2.75, 3.05) is 19.1 Å². The molecule has 1 aromatic heterocycles. The van der Waals surface area contributed by atoms with Crippen molar-refractivity contribution in [2.24, 2.45) is 5.10 Å². The van der Waals surface area contributed by atoms with E-state index in [1.165, 1.54) is 19.3 Å². The number of methoxy groups -OCH3 is 1. The summed E-state index contributed by atoms with van der Waals surface area (Å²) in [7, 11) is 1.60. The Kier molecular flexibility index (Phi) is 7.60. The third-order valence-corrected chi connectivity index (χ3v) is 3.70. The smallest absolute Gasteiger partial charge is 0.363 e. The minimum atomic E-state index is -0.532. The van der Waals surface area contributed by atoms with Gasteiger partial charge in [0.2, 0.25) is 0 Å². The van der Waals surface area contributed by atoms with E-state index in [1.807, 2.05) is 18.2 Å². The Labute approximate surface area is 152 Å². The van der Waals surface area contributed by atoms with Gasteiger partial charge < -0.3 is 9.47 Å². The molecule has 0 atom stereocenters. The third kappa shape index (κ3) is 5.87. The Hall–Kier alpha value is -2.90. The number of unbranched alkanes of at least 4 members (excludes halogenated alkanes) is 3. The summed E-state index contributed by atoms with van der Waals surface area (Å²) in [5.41, 5.74) is 3.55. The number of rotatable bonds is 10. The molecule has 2 aromatic rings. The maximum atomic E-state index is 11.2. The van der Waals surface area contributed by atoms with Gasteiger partial charge >= 0.3 is 5.69 Å². The van der Waals surface area contributed by atoms with Crippen LogP contribution >= 0.6 is 0 Å². The van der Waals surface area contributed by atoms with Crippen molar-refractivity contribution in [3.63, 3.8) is 0 Å². The summed E-state index contributed by atoms with van der Waals surface area (Å²) >= 11 is 0. The molecule has 0 unspecified atom stereocenters. The third-order valence-electron chi connectivity index (χ3n) is 3.70. The monoisotopic (exact) mass is 359 g/mol. The first-order chi connectivity index (χ1) is 12.6. The highest BCUT2D eigenvalue weighted by Gasteiger charge is 2.05. The zero-order valence-corrected chi connectivity index (χ0v) is 15.4. The van der Waals surface area contributed by atoms with E-state index in [9.17, 15) is 4.79 Å². The van der Waals surface area contributed by atoms with Gasteiger partial charge in [-0.1, -0.05) is 26.2 Å². The van der Waals surface area contributed by atoms with Crippen molar-refractivity contribution in [3.8, 4) is 11.5 Å². The summed E-state index contributed by atoms with van der Waals surface area (Å²) in [5.74, 6) is 1.67. The fraction of sp³-hybridized carbons (Fsp3) is 0.444. The van der Waals surface area contributed by atoms with Crippen LogP contribution < -0.4 is 20.6 Å². The first kappa shape index (κ1) is 19.4. The van der Waals surface area contributed by atoms with Gasteiger partial charge in [-0.3, -0.25) is 5.43 Å². The lowest BCUT2D eigenvalue weighted by Gasteiger charge is -2.11. The van der Waals surface area contributed by atoms with E-state index in [1.54, 1.807) is 20.2 Å². The largest absolute Gasteiger partial charge is 0.493 e. The van der Waals surface area contributed by atoms with Crippen LogP contribution in [0.5, 0.6) is 11.5 Å². The normalized spacial score (nSPS) is 10.9. The Morgan fingerprint density at radius 3 is 2.88 bits per heavy atom. The predicted molar refractivity (Wildman–Crippen MR) is 101 cm³/mol. The maximum absolute atomic E-state index is 11.2. The van der Waals surface area contributed by atoms with Crippen molar-refractivity contribution in [2.45, 2.75) is 39.5 Å². The standard InChI is InChI=1S/C18H25N5O3/c1-4-5-6-7-10-26-15-9-8-14(11-16(15)25-3)12-19-22-17-13(2)21-23-18(24)20-17/h8-9,11-12H,4-7,10H2,1-3H3,(H2,20,22,23,24). The Balaban J connectivity index is 1.97. The van der Waals surface area contributed by atoms with Crippen LogP contribution in [0.25, 0.3) is 0 Å². The van der Waals surface area contributed by atoms with Crippen LogP contribution in [0.3, 0.4) is 0 Å². The lowest BCUT2D eigenvalue weighted by molar-refractivity contribution is 0.285. The summed E-state index contributed by atoms with van der Waals surface area (Å²) in [6.07, 6.45) is 6.23. The molecule has 8 heteroatoms. The molecule has 0 aliphatic rings. The summed E-state index contributed by atoms with van der Waals surface area (Å²) in [5, 5.41) is 10.2. The molecular weight excluding hydrogens is 334 g/mol. The lowest BCUT2D eigenvalue weighted by atomic mass is 10.2. The van der Waals surface area contributed by atoms with Gasteiger partial charge in [0.15, 0.2) is 17.3 Å². The van der Waals surface area contributed by atoms with E-state index in [0.717, 1.165) is 12.0 Å². The molecule has 0 aliphatic heterocycles. The first-order valence-electron chi connectivity index (χ1n) is 8.67. The molecule has 0 bridgehead atoms. The van der Waals surface area contributed by atoms with Gasteiger partial charge in [0.1, 0.15) is 5.69 Å². The molecule has 140 valence electrons. The molecule has 1 aromatic carbocycles. The fourth-order valence-corrected chi connectivity index (χ4v) is 2.26. The van der Waals surface area contributed by atoms with E-state index in [-0.39, 0.29) is 0 Å². The zero-order chi connectivity index (χ0) is 18.8. The molecule has 0 radical (unpaired) electrons. The summed E-state index contributed by atoms with van der Waals surface area (Å²) in [4.78, 5) is 15.0. The number of aromatic amines is 1. The molecule has 0 fully saturated rings. The first-order valence-corrected chi connectivity index (χ1v) is 8.67. The number of aryl methyl sites for hydroxylation is 1. The molecule has 26 heavy (non-hydrogen) atoms. The van der Waals surface area contributed by atoms with Gasteiger partial charge in [0.05, 0.1) is 19.9 Å². The molecule has 0 saturated heterocycles. The van der Waals surface area contributed by atoms with E-state index in [2.05, 4.69) is 32.6 Å². The topological polar surface area (TPSA) is 101 Å². The number of hydrazone groups is 1. The summed E-state index contributed by atoms with van der Waals surface area (Å²) in [6, 6.07) is 5.58. The van der Waals surface area contributed by atoms with Crippen molar-refractivity contribution >= 4 is 12.0 Å². The number of aromatic nitrogens is 3. The van der Waals surface area contributed by atoms with Crippen LogP contribution in [0.15, 0.2) is 28.1 Å². The van der Waals surface area contributed by atoms with Crippen molar-refractivity contribution in [1.82, 2.24) is 15.2 Å². The van der Waals surface area contributed by atoms with Crippen molar-refractivity contribution in [3.05, 3.63) is 39.9 Å². The van der Waals surface area contributed by atoms with E-state index in [4.69, 9.17) is 9.47 Å². The number of anilines is 1. The SMILES string of the molecule is CCCCCCOc1ccc(C=NNc2nc(=O)[nH]nc2C)cc1OC. The summed E-state index contributed by atoms with van der Waals surface area (Å²) < 4.78 is 11.2. The van der Waals surface area contributed by atoms with Gasteiger partial charge in [-0.05, 0) is 37.1 Å². The van der Waals surface area contributed by atoms with E-state index < -0.39 is 5.69 Å². The second-order valence-electron chi connectivity index (χ2n) is 5.76. The fourth-order valence-electron chi connectivity index (χ4n) is 2.26. The zero-order valence-electron chi connectivity index (χ0n) is 15.4. The molecule has 8 nitrogen and oxygen atoms in total. The van der Waals surface area contributed by atoms with Crippen LogP contribution in [0, 0.1) is 6.92 Å². The molecule has 0 aliphatic carbocycles. The van der Waals surface area contributed by atoms with Gasteiger partial charge in [0.25, 0.3) is 0 Å². The second kappa shape index (κ2) is 10.2. The number of hydrogen-bond donors (Lipinski definition) is 2. The quantitative estimate of drug-likeness (QED) is 0.384. The maximum Gasteiger partial charge on any atom is 0.363 e. The number of nitrogens with zero attached hydrogens (tertiary/aromatic N) is 3. The van der Waals surface area contributed by atoms with Crippen LogP contribution in [-0.2, 0) is 0 Å². The average Bonchev–Trinajstić information content (AvgIpc) is 2.65. The average molecular weight is 359 g/mol. The Bertz CT molecular complexity index is 789. The highest BCUT2D eigenvalue weighted by molar-refractivity contribution is 5.81.